The van der Waals surface area contributed by atoms with Crippen LogP contribution in [0, 0.1) is 5.92 Å². The van der Waals surface area contributed by atoms with Crippen molar-refractivity contribution in [3.05, 3.63) is 0 Å². The molecule has 1 aliphatic heterocycles. The number of hydrogen-bond donors (Lipinski definition) is 2. The molecule has 1 aliphatic rings. The fraction of sp³-hybridized carbons (Fsp3) is 0.923. The largest absolute Gasteiger partial charge is 0.401 e. The summed E-state index contributed by atoms with van der Waals surface area (Å²) >= 11 is 0. The Balaban J connectivity index is 0. The van der Waals surface area contributed by atoms with E-state index in [9.17, 15) is 18.0 Å². The minimum atomic E-state index is -4.19. The van der Waals surface area contributed by atoms with Gasteiger partial charge in [-0.15, -0.1) is 24.8 Å². The maximum Gasteiger partial charge on any atom is 0.401 e. The highest BCUT2D eigenvalue weighted by Gasteiger charge is 2.28. The van der Waals surface area contributed by atoms with Gasteiger partial charge in [0.2, 0.25) is 5.91 Å². The van der Waals surface area contributed by atoms with Gasteiger partial charge in [-0.05, 0) is 45.3 Å². The second-order valence-corrected chi connectivity index (χ2v) is 5.43. The minimum absolute atomic E-state index is 0. The standard InChI is InChI=1S/C13H24F3N3O.2ClH/c1-19(10-13(14,15)16)9-8-18-12(20)3-2-11-4-6-17-7-5-11;;/h11,17H,2-10H2,1H3,(H,18,20);2*1H. The zero-order valence-electron chi connectivity index (χ0n) is 12.7. The normalized spacial score (nSPS) is 15.9. The van der Waals surface area contributed by atoms with Crippen LogP contribution in [0.4, 0.5) is 13.2 Å². The van der Waals surface area contributed by atoms with Crippen molar-refractivity contribution in [1.82, 2.24) is 15.5 Å². The molecule has 1 rings (SSSR count). The lowest BCUT2D eigenvalue weighted by molar-refractivity contribution is -0.142. The fourth-order valence-electron chi connectivity index (χ4n) is 2.37. The number of hydrogen-bond acceptors (Lipinski definition) is 3. The topological polar surface area (TPSA) is 44.4 Å². The molecule has 22 heavy (non-hydrogen) atoms. The van der Waals surface area contributed by atoms with Crippen LogP contribution < -0.4 is 10.6 Å². The Morgan fingerprint density at radius 3 is 2.41 bits per heavy atom. The third kappa shape index (κ3) is 12.3. The molecule has 1 heterocycles. The lowest BCUT2D eigenvalue weighted by Crippen LogP contribution is -2.37. The van der Waals surface area contributed by atoms with Crippen molar-refractivity contribution in [3.63, 3.8) is 0 Å². The Morgan fingerprint density at radius 2 is 1.86 bits per heavy atom. The number of likely N-dealkylation sites (N-methyl/N-ethyl adjacent to an activating group) is 1. The molecule has 1 fully saturated rings. The zero-order valence-corrected chi connectivity index (χ0v) is 14.4. The van der Waals surface area contributed by atoms with E-state index in [1.54, 1.807) is 0 Å². The van der Waals surface area contributed by atoms with Crippen molar-refractivity contribution in [2.24, 2.45) is 5.92 Å². The predicted octanol–water partition coefficient (Wildman–Crippen LogP) is 2.22. The van der Waals surface area contributed by atoms with Crippen molar-refractivity contribution < 1.29 is 18.0 Å². The number of carbonyl (C=O) groups is 1. The second kappa shape index (κ2) is 12.2. The molecule has 0 aliphatic carbocycles. The fourth-order valence-corrected chi connectivity index (χ4v) is 2.37. The zero-order chi connectivity index (χ0) is 15.0. The summed E-state index contributed by atoms with van der Waals surface area (Å²) in [5.74, 6) is 0.527. The average molecular weight is 368 g/mol. The van der Waals surface area contributed by atoms with Crippen LogP contribution in [-0.2, 0) is 4.79 Å². The quantitative estimate of drug-likeness (QED) is 0.725. The molecule has 4 nitrogen and oxygen atoms in total. The second-order valence-electron chi connectivity index (χ2n) is 5.43. The van der Waals surface area contributed by atoms with Crippen molar-refractivity contribution in [1.29, 1.82) is 0 Å². The van der Waals surface area contributed by atoms with Crippen LogP contribution in [0.2, 0.25) is 0 Å². The van der Waals surface area contributed by atoms with E-state index in [2.05, 4.69) is 10.6 Å². The number of nitrogens with one attached hydrogen (secondary N) is 2. The van der Waals surface area contributed by atoms with Gasteiger partial charge in [-0.3, -0.25) is 9.69 Å². The van der Waals surface area contributed by atoms with Gasteiger partial charge in [-0.25, -0.2) is 0 Å². The van der Waals surface area contributed by atoms with Gasteiger partial charge in [-0.1, -0.05) is 0 Å². The molecule has 0 saturated carbocycles. The first-order chi connectivity index (χ1) is 9.37. The van der Waals surface area contributed by atoms with E-state index in [1.807, 2.05) is 0 Å². The summed E-state index contributed by atoms with van der Waals surface area (Å²) in [4.78, 5) is 12.7. The van der Waals surface area contributed by atoms with Crippen LogP contribution in [0.5, 0.6) is 0 Å². The van der Waals surface area contributed by atoms with Crippen LogP contribution >= 0.6 is 24.8 Å². The molecule has 1 saturated heterocycles. The molecule has 0 spiro atoms. The Labute approximate surface area is 142 Å². The molecular formula is C13H26Cl2F3N3O. The van der Waals surface area contributed by atoms with Crippen LogP contribution in [0.25, 0.3) is 0 Å². The van der Waals surface area contributed by atoms with Gasteiger partial charge in [0.15, 0.2) is 0 Å². The Kier molecular flexibility index (Phi) is 13.3. The highest BCUT2D eigenvalue weighted by molar-refractivity contribution is 5.85. The van der Waals surface area contributed by atoms with Gasteiger partial charge in [0.05, 0.1) is 6.54 Å². The molecular weight excluding hydrogens is 342 g/mol. The Morgan fingerprint density at radius 1 is 1.27 bits per heavy atom. The number of nitrogens with zero attached hydrogens (tertiary/aromatic N) is 1. The lowest BCUT2D eigenvalue weighted by Gasteiger charge is -2.22. The highest BCUT2D eigenvalue weighted by atomic mass is 35.5. The van der Waals surface area contributed by atoms with E-state index in [-0.39, 0.29) is 43.8 Å². The number of amides is 1. The lowest BCUT2D eigenvalue weighted by atomic mass is 9.93. The Hall–Kier alpha value is -0.240. The van der Waals surface area contributed by atoms with Gasteiger partial charge in [0.25, 0.3) is 0 Å². The summed E-state index contributed by atoms with van der Waals surface area (Å²) in [7, 11) is 1.40. The van der Waals surface area contributed by atoms with E-state index in [0.29, 0.717) is 12.3 Å². The maximum atomic E-state index is 12.1. The van der Waals surface area contributed by atoms with Gasteiger partial charge in [-0.2, -0.15) is 13.2 Å². The monoisotopic (exact) mass is 367 g/mol. The molecule has 0 atom stereocenters. The average Bonchev–Trinajstić information content (AvgIpc) is 2.35. The molecule has 0 radical (unpaired) electrons. The van der Waals surface area contributed by atoms with Crippen LogP contribution in [0.3, 0.4) is 0 Å². The molecule has 134 valence electrons. The van der Waals surface area contributed by atoms with E-state index < -0.39 is 12.7 Å². The van der Waals surface area contributed by atoms with Gasteiger partial charge < -0.3 is 10.6 Å². The van der Waals surface area contributed by atoms with Crippen molar-refractivity contribution in [2.75, 3.05) is 39.8 Å². The molecule has 0 aromatic carbocycles. The van der Waals surface area contributed by atoms with E-state index >= 15 is 0 Å². The predicted molar refractivity (Wildman–Crippen MR) is 85.9 cm³/mol. The number of halogens is 5. The summed E-state index contributed by atoms with van der Waals surface area (Å²) in [6, 6.07) is 0. The van der Waals surface area contributed by atoms with Crippen molar-refractivity contribution in [2.45, 2.75) is 31.9 Å². The molecule has 9 heteroatoms. The number of rotatable bonds is 7. The molecule has 2 N–H and O–H groups in total. The summed E-state index contributed by atoms with van der Waals surface area (Å²) in [6.07, 6.45) is -0.656. The first-order valence-electron chi connectivity index (χ1n) is 7.09. The third-order valence-corrected chi connectivity index (χ3v) is 3.50. The summed E-state index contributed by atoms with van der Waals surface area (Å²) in [5.41, 5.74) is 0. The first-order valence-corrected chi connectivity index (χ1v) is 7.09. The van der Waals surface area contributed by atoms with Gasteiger partial charge >= 0.3 is 6.18 Å². The van der Waals surface area contributed by atoms with Crippen molar-refractivity contribution in [3.8, 4) is 0 Å². The number of alkyl halides is 3. The van der Waals surface area contributed by atoms with Crippen molar-refractivity contribution >= 4 is 30.7 Å². The third-order valence-electron chi connectivity index (χ3n) is 3.50. The molecule has 0 unspecified atom stereocenters. The molecule has 0 aromatic heterocycles. The van der Waals surface area contributed by atoms with E-state index in [0.717, 1.165) is 37.3 Å². The SMILES string of the molecule is CN(CCNC(=O)CCC1CCNCC1)CC(F)(F)F.Cl.Cl. The molecule has 1 amide bonds. The van der Waals surface area contributed by atoms with Gasteiger partial charge in [0, 0.05) is 19.5 Å². The van der Waals surface area contributed by atoms with E-state index in [4.69, 9.17) is 0 Å². The van der Waals surface area contributed by atoms with Crippen LogP contribution in [-0.4, -0.2) is 56.8 Å². The van der Waals surface area contributed by atoms with E-state index in [1.165, 1.54) is 7.05 Å². The summed E-state index contributed by atoms with van der Waals surface area (Å²) in [5, 5.41) is 5.95. The van der Waals surface area contributed by atoms with Gasteiger partial charge in [0.1, 0.15) is 0 Å². The van der Waals surface area contributed by atoms with Crippen LogP contribution in [0.15, 0.2) is 0 Å². The minimum Gasteiger partial charge on any atom is -0.355 e. The molecule has 0 bridgehead atoms. The first kappa shape index (κ1) is 24.0. The number of carbonyl (C=O) groups excluding carboxylic acids is 1. The smallest absolute Gasteiger partial charge is 0.355 e. The highest BCUT2D eigenvalue weighted by Crippen LogP contribution is 2.17. The Bertz CT molecular complexity index is 301. The molecule has 0 aromatic rings. The van der Waals surface area contributed by atoms with Crippen LogP contribution in [0.1, 0.15) is 25.7 Å². The summed E-state index contributed by atoms with van der Waals surface area (Å²) < 4.78 is 36.3. The number of piperidine rings is 1. The maximum absolute atomic E-state index is 12.1. The summed E-state index contributed by atoms with van der Waals surface area (Å²) in [6.45, 7) is 1.54.